The molecule has 3 aromatic rings. The molecule has 174 valence electrons. The van der Waals surface area contributed by atoms with Gasteiger partial charge in [0.1, 0.15) is 24.0 Å². The van der Waals surface area contributed by atoms with E-state index in [2.05, 4.69) is 25.9 Å². The van der Waals surface area contributed by atoms with E-state index in [0.29, 0.717) is 22.6 Å². The molecule has 1 aromatic carbocycles. The number of fused-ring (bicyclic) bond motifs is 2. The lowest BCUT2D eigenvalue weighted by atomic mass is 10.1. The van der Waals surface area contributed by atoms with Crippen LogP contribution < -0.4 is 5.73 Å². The van der Waals surface area contributed by atoms with Gasteiger partial charge in [-0.05, 0) is 54.8 Å². The van der Waals surface area contributed by atoms with E-state index >= 15 is 0 Å². The van der Waals surface area contributed by atoms with Crippen LogP contribution in [0.5, 0.6) is 0 Å². The number of nitrogens with zero attached hydrogens (tertiary/aromatic N) is 4. The fourth-order valence-electron chi connectivity index (χ4n) is 3.92. The van der Waals surface area contributed by atoms with Gasteiger partial charge in [-0.25, -0.2) is 9.97 Å². The van der Waals surface area contributed by atoms with E-state index in [1.807, 2.05) is 10.8 Å². The second kappa shape index (κ2) is 8.82. The van der Waals surface area contributed by atoms with Gasteiger partial charge >= 0.3 is 0 Å². The first kappa shape index (κ1) is 23.3. The van der Waals surface area contributed by atoms with Crippen molar-refractivity contribution in [3.05, 3.63) is 52.4 Å². The van der Waals surface area contributed by atoms with Gasteiger partial charge in [-0.1, -0.05) is 12.1 Å². The number of imide groups is 1. The number of aromatic nitrogens is 3. The minimum atomic E-state index is -1.50. The molecule has 0 bridgehead atoms. The second-order valence-electron chi connectivity index (χ2n) is 8.39. The molecular formula is C22H24BrN5O5. The van der Waals surface area contributed by atoms with Crippen LogP contribution in [-0.2, 0) is 4.74 Å². The predicted octanol–water partition coefficient (Wildman–Crippen LogP) is 2.46. The summed E-state index contributed by atoms with van der Waals surface area (Å²) in [6, 6.07) is 6.89. The number of rotatable bonds is 3. The monoisotopic (exact) mass is 517 g/mol. The maximum absolute atomic E-state index is 12.6. The number of hydrogen-bond donors (Lipinski definition) is 3. The molecule has 1 saturated heterocycles. The Labute approximate surface area is 198 Å². The molecular weight excluding hydrogens is 494 g/mol. The lowest BCUT2D eigenvalue weighted by molar-refractivity contribution is -0.127. The van der Waals surface area contributed by atoms with Gasteiger partial charge in [-0.2, -0.15) is 0 Å². The predicted molar refractivity (Wildman–Crippen MR) is 123 cm³/mol. The van der Waals surface area contributed by atoms with Crippen molar-refractivity contribution in [2.45, 2.75) is 44.8 Å². The van der Waals surface area contributed by atoms with Crippen molar-refractivity contribution in [2.24, 2.45) is 0 Å². The van der Waals surface area contributed by atoms with Crippen LogP contribution in [0, 0.1) is 0 Å². The minimum Gasteiger partial charge on any atom is -0.383 e. The Morgan fingerprint density at radius 2 is 1.76 bits per heavy atom. The molecule has 4 N–H and O–H groups in total. The Morgan fingerprint density at radius 1 is 1.15 bits per heavy atom. The van der Waals surface area contributed by atoms with Crippen molar-refractivity contribution in [1.82, 2.24) is 19.4 Å². The number of ether oxygens (including phenoxy) is 1. The molecule has 2 unspecified atom stereocenters. The van der Waals surface area contributed by atoms with Crippen molar-refractivity contribution >= 4 is 44.6 Å². The number of nitrogens with two attached hydrogens (primary N) is 1. The molecule has 0 radical (unpaired) electrons. The van der Waals surface area contributed by atoms with Crippen molar-refractivity contribution in [3.8, 4) is 0 Å². The highest BCUT2D eigenvalue weighted by Gasteiger charge is 2.38. The SMILES string of the molecule is CC(C)(O)O.Nc1ncnc2c1c(Br)cn2C1CCC(CN2C(=O)c3ccccc3C2=O)O1. The zero-order valence-electron chi connectivity index (χ0n) is 18.1. The van der Waals surface area contributed by atoms with Gasteiger partial charge < -0.3 is 25.3 Å². The van der Waals surface area contributed by atoms with E-state index in [4.69, 9.17) is 20.7 Å². The quantitative estimate of drug-likeness (QED) is 0.355. The fraction of sp³-hybridized carbons (Fsp3) is 0.364. The molecule has 4 heterocycles. The van der Waals surface area contributed by atoms with Gasteiger partial charge in [0.05, 0.1) is 29.2 Å². The summed E-state index contributed by atoms with van der Waals surface area (Å²) in [6.45, 7) is 2.83. The Hall–Kier alpha value is -2.86. The van der Waals surface area contributed by atoms with Crippen LogP contribution >= 0.6 is 15.9 Å². The van der Waals surface area contributed by atoms with Crippen LogP contribution in [0.4, 0.5) is 5.82 Å². The topological polar surface area (TPSA) is 144 Å². The molecule has 0 aliphatic carbocycles. The number of nitrogen functional groups attached to an aromatic ring is 1. The molecule has 0 saturated carbocycles. The number of amides is 2. The van der Waals surface area contributed by atoms with Crippen LogP contribution in [-0.4, -0.2) is 59.9 Å². The largest absolute Gasteiger partial charge is 0.383 e. The Kier molecular flexibility index (Phi) is 6.23. The summed E-state index contributed by atoms with van der Waals surface area (Å²) in [4.78, 5) is 34.8. The highest BCUT2D eigenvalue weighted by atomic mass is 79.9. The Bertz CT molecular complexity index is 1180. The summed E-state index contributed by atoms with van der Waals surface area (Å²) in [5.41, 5.74) is 7.55. The number of anilines is 1. The Morgan fingerprint density at radius 3 is 2.36 bits per heavy atom. The molecule has 2 amide bonds. The summed E-state index contributed by atoms with van der Waals surface area (Å²) in [7, 11) is 0. The van der Waals surface area contributed by atoms with Gasteiger partial charge in [-0.15, -0.1) is 0 Å². The lowest BCUT2D eigenvalue weighted by Gasteiger charge is -2.20. The molecule has 2 aliphatic rings. The van der Waals surface area contributed by atoms with Crippen molar-refractivity contribution in [3.63, 3.8) is 0 Å². The number of halogens is 1. The highest BCUT2D eigenvalue weighted by molar-refractivity contribution is 9.10. The summed E-state index contributed by atoms with van der Waals surface area (Å²) >= 11 is 3.50. The third kappa shape index (κ3) is 4.76. The van der Waals surface area contributed by atoms with E-state index in [-0.39, 0.29) is 30.7 Å². The molecule has 1 fully saturated rings. The van der Waals surface area contributed by atoms with Gasteiger partial charge in [0.15, 0.2) is 5.79 Å². The summed E-state index contributed by atoms with van der Waals surface area (Å²) in [5.74, 6) is -1.62. The van der Waals surface area contributed by atoms with Crippen molar-refractivity contribution in [1.29, 1.82) is 0 Å². The van der Waals surface area contributed by atoms with Crippen LogP contribution in [0.25, 0.3) is 11.0 Å². The fourth-order valence-corrected chi connectivity index (χ4v) is 4.52. The third-order valence-electron chi connectivity index (χ3n) is 5.25. The first-order chi connectivity index (χ1) is 15.5. The molecule has 11 heteroatoms. The van der Waals surface area contributed by atoms with E-state index in [1.165, 1.54) is 25.1 Å². The molecule has 0 spiro atoms. The Balaban J connectivity index is 0.000000471. The van der Waals surface area contributed by atoms with Crippen LogP contribution in [0.3, 0.4) is 0 Å². The zero-order valence-corrected chi connectivity index (χ0v) is 19.7. The standard InChI is InChI=1S/C19H16BrN5O3.C3H8O2/c20-13-8-24(17-15(13)16(21)22-9-23-17)14-6-5-10(28-14)7-25-18(26)11-3-1-2-4-12(11)19(25)27;1-3(2,4)5/h1-4,8-10,14H,5-7H2,(H2,21,22,23);4-5H,1-2H3. The maximum Gasteiger partial charge on any atom is 0.261 e. The first-order valence-electron chi connectivity index (χ1n) is 10.4. The van der Waals surface area contributed by atoms with E-state index in [1.54, 1.807) is 24.3 Å². The van der Waals surface area contributed by atoms with Crippen LogP contribution in [0.1, 0.15) is 53.6 Å². The maximum atomic E-state index is 12.6. The number of benzene rings is 1. The molecule has 10 nitrogen and oxygen atoms in total. The molecule has 33 heavy (non-hydrogen) atoms. The zero-order chi connectivity index (χ0) is 23.9. The van der Waals surface area contributed by atoms with Gasteiger partial charge in [0.2, 0.25) is 0 Å². The molecule has 2 aromatic heterocycles. The highest BCUT2D eigenvalue weighted by Crippen LogP contribution is 2.36. The van der Waals surface area contributed by atoms with Crippen molar-refractivity contribution in [2.75, 3.05) is 12.3 Å². The van der Waals surface area contributed by atoms with Gasteiger partial charge in [0.25, 0.3) is 11.8 Å². The van der Waals surface area contributed by atoms with E-state index < -0.39 is 5.79 Å². The number of carbonyl (C=O) groups excluding carboxylic acids is 2. The summed E-state index contributed by atoms with van der Waals surface area (Å²) < 4.78 is 8.88. The lowest BCUT2D eigenvalue weighted by Crippen LogP contribution is -2.36. The number of carbonyl (C=O) groups is 2. The second-order valence-corrected chi connectivity index (χ2v) is 9.25. The first-order valence-corrected chi connectivity index (χ1v) is 11.2. The third-order valence-corrected chi connectivity index (χ3v) is 5.85. The van der Waals surface area contributed by atoms with Gasteiger partial charge in [0, 0.05) is 10.7 Å². The normalized spacial score (nSPS) is 20.2. The molecule has 2 aliphatic heterocycles. The van der Waals surface area contributed by atoms with E-state index in [9.17, 15) is 9.59 Å². The summed E-state index contributed by atoms with van der Waals surface area (Å²) in [5, 5.41) is 16.9. The van der Waals surface area contributed by atoms with Crippen molar-refractivity contribution < 1.29 is 24.5 Å². The van der Waals surface area contributed by atoms with E-state index in [0.717, 1.165) is 22.7 Å². The average molecular weight is 518 g/mol. The molecule has 2 atom stereocenters. The smallest absolute Gasteiger partial charge is 0.261 e. The number of hydrogen-bond acceptors (Lipinski definition) is 8. The summed E-state index contributed by atoms with van der Waals surface area (Å²) in [6.07, 6.45) is 4.30. The minimum absolute atomic E-state index is 0.234. The van der Waals surface area contributed by atoms with Crippen LogP contribution in [0.15, 0.2) is 41.3 Å². The van der Waals surface area contributed by atoms with Gasteiger partial charge in [-0.3, -0.25) is 14.5 Å². The van der Waals surface area contributed by atoms with Crippen LogP contribution in [0.2, 0.25) is 0 Å². The average Bonchev–Trinajstić information content (AvgIpc) is 3.40. The molecule has 5 rings (SSSR count). The number of aliphatic hydroxyl groups is 2.